The van der Waals surface area contributed by atoms with E-state index in [1.54, 1.807) is 17.3 Å². The number of hydrogen-bond acceptors (Lipinski definition) is 5. The Morgan fingerprint density at radius 2 is 2.16 bits per heavy atom. The fraction of sp³-hybridized carbons (Fsp3) is 0.308. The van der Waals surface area contributed by atoms with Gasteiger partial charge in [-0.25, -0.2) is 4.98 Å². The Morgan fingerprint density at radius 1 is 1.42 bits per heavy atom. The van der Waals surface area contributed by atoms with E-state index in [0.717, 1.165) is 11.3 Å². The molecule has 0 aliphatic carbocycles. The first-order valence-electron chi connectivity index (χ1n) is 6.05. The van der Waals surface area contributed by atoms with Crippen molar-refractivity contribution in [2.24, 2.45) is 0 Å². The molecule has 2 N–H and O–H groups in total. The summed E-state index contributed by atoms with van der Waals surface area (Å²) in [7, 11) is 0. The lowest BCUT2D eigenvalue weighted by Crippen LogP contribution is -2.31. The second-order valence-electron chi connectivity index (χ2n) is 4.12. The summed E-state index contributed by atoms with van der Waals surface area (Å²) in [5.41, 5.74) is 7.37. The maximum absolute atomic E-state index is 12.2. The topological polar surface area (TPSA) is 72.1 Å². The molecule has 0 radical (unpaired) electrons. The molecule has 0 aliphatic rings. The number of amides is 1. The lowest BCUT2D eigenvalue weighted by Gasteiger charge is -2.20. The fourth-order valence-corrected chi connectivity index (χ4v) is 2.32. The van der Waals surface area contributed by atoms with Crippen molar-refractivity contribution in [3.05, 3.63) is 41.2 Å². The summed E-state index contributed by atoms with van der Waals surface area (Å²) >= 11 is 1.36. The molecular weight excluding hydrogens is 260 g/mol. The zero-order valence-electron chi connectivity index (χ0n) is 10.7. The van der Waals surface area contributed by atoms with Gasteiger partial charge in [-0.3, -0.25) is 9.78 Å². The van der Waals surface area contributed by atoms with Gasteiger partial charge >= 0.3 is 0 Å². The van der Waals surface area contributed by atoms with Gasteiger partial charge in [-0.1, -0.05) is 0 Å². The van der Waals surface area contributed by atoms with Crippen molar-refractivity contribution < 1.29 is 4.79 Å². The summed E-state index contributed by atoms with van der Waals surface area (Å²) in [4.78, 5) is 22.1. The van der Waals surface area contributed by atoms with E-state index in [9.17, 15) is 4.79 Å². The first-order valence-corrected chi connectivity index (χ1v) is 6.93. The van der Waals surface area contributed by atoms with Crippen LogP contribution in [0, 0.1) is 0 Å². The average molecular weight is 276 g/mol. The van der Waals surface area contributed by atoms with Crippen LogP contribution in [0.25, 0.3) is 0 Å². The average Bonchev–Trinajstić information content (AvgIpc) is 2.82. The molecule has 0 unspecified atom stereocenters. The largest absolute Gasteiger partial charge is 0.375 e. The number of carbonyl (C=O) groups excluding carboxylic acids is 1. The van der Waals surface area contributed by atoms with Gasteiger partial charge in [0.25, 0.3) is 0 Å². The molecule has 0 atom stereocenters. The van der Waals surface area contributed by atoms with Gasteiger partial charge in [-0.05, 0) is 24.6 Å². The van der Waals surface area contributed by atoms with Crippen molar-refractivity contribution in [1.29, 1.82) is 0 Å². The van der Waals surface area contributed by atoms with Gasteiger partial charge in [0.1, 0.15) is 0 Å². The molecule has 0 saturated carbocycles. The van der Waals surface area contributed by atoms with E-state index in [0.29, 0.717) is 24.6 Å². The van der Waals surface area contributed by atoms with Crippen molar-refractivity contribution in [1.82, 2.24) is 14.9 Å². The van der Waals surface area contributed by atoms with E-state index in [-0.39, 0.29) is 5.91 Å². The molecular formula is C13H16N4OS. The highest BCUT2D eigenvalue weighted by molar-refractivity contribution is 7.13. The Balaban J connectivity index is 1.99. The van der Waals surface area contributed by atoms with Crippen LogP contribution in [0.15, 0.2) is 29.9 Å². The van der Waals surface area contributed by atoms with Gasteiger partial charge in [-0.2, -0.15) is 0 Å². The number of likely N-dealkylation sites (N-methyl/N-ethyl adjacent to an activating group) is 1. The minimum absolute atomic E-state index is 0.0598. The minimum Gasteiger partial charge on any atom is -0.375 e. The maximum atomic E-state index is 12.2. The molecule has 5 nitrogen and oxygen atoms in total. The first kappa shape index (κ1) is 13.5. The quantitative estimate of drug-likeness (QED) is 0.902. The smallest absolute Gasteiger partial charge is 0.228 e. The summed E-state index contributed by atoms with van der Waals surface area (Å²) in [6.07, 6.45) is 3.76. The summed E-state index contributed by atoms with van der Waals surface area (Å²) in [6, 6.07) is 3.83. The number of nitrogens with two attached hydrogens (primary N) is 1. The van der Waals surface area contributed by atoms with Crippen molar-refractivity contribution in [2.75, 3.05) is 12.3 Å². The normalized spacial score (nSPS) is 10.4. The Labute approximate surface area is 116 Å². The van der Waals surface area contributed by atoms with Gasteiger partial charge in [0, 0.05) is 30.9 Å². The molecule has 1 amide bonds. The van der Waals surface area contributed by atoms with Crippen LogP contribution >= 0.6 is 11.3 Å². The SMILES string of the molecule is CCN(Cc1ccncc1)C(=O)Cc1csc(N)n1. The number of anilines is 1. The third-order valence-corrected chi connectivity index (χ3v) is 3.48. The van der Waals surface area contributed by atoms with E-state index in [1.807, 2.05) is 24.4 Å². The van der Waals surface area contributed by atoms with Gasteiger partial charge < -0.3 is 10.6 Å². The number of aromatic nitrogens is 2. The van der Waals surface area contributed by atoms with Gasteiger partial charge in [0.15, 0.2) is 5.13 Å². The standard InChI is InChI=1S/C13H16N4OS/c1-2-17(8-10-3-5-15-6-4-10)12(18)7-11-9-19-13(14)16-11/h3-6,9H,2,7-8H2,1H3,(H2,14,16). The Bertz CT molecular complexity index is 541. The minimum atomic E-state index is 0.0598. The Morgan fingerprint density at radius 3 is 2.74 bits per heavy atom. The molecule has 0 fully saturated rings. The van der Waals surface area contributed by atoms with E-state index in [2.05, 4.69) is 9.97 Å². The highest BCUT2D eigenvalue weighted by Crippen LogP contribution is 2.13. The Hall–Kier alpha value is -1.95. The van der Waals surface area contributed by atoms with E-state index in [1.165, 1.54) is 11.3 Å². The van der Waals surface area contributed by atoms with E-state index < -0.39 is 0 Å². The van der Waals surface area contributed by atoms with Crippen molar-refractivity contribution in [2.45, 2.75) is 19.9 Å². The van der Waals surface area contributed by atoms with Crippen LogP contribution in [0.2, 0.25) is 0 Å². The van der Waals surface area contributed by atoms with E-state index >= 15 is 0 Å². The van der Waals surface area contributed by atoms with Crippen LogP contribution in [0.4, 0.5) is 5.13 Å². The molecule has 100 valence electrons. The summed E-state index contributed by atoms with van der Waals surface area (Å²) in [5.74, 6) is 0.0598. The number of nitrogen functional groups attached to an aromatic ring is 1. The zero-order valence-corrected chi connectivity index (χ0v) is 11.6. The molecule has 2 aromatic rings. The van der Waals surface area contributed by atoms with Gasteiger partial charge in [0.05, 0.1) is 12.1 Å². The monoisotopic (exact) mass is 276 g/mol. The van der Waals surface area contributed by atoms with Crippen LogP contribution in [-0.4, -0.2) is 27.3 Å². The lowest BCUT2D eigenvalue weighted by molar-refractivity contribution is -0.130. The van der Waals surface area contributed by atoms with Crippen molar-refractivity contribution in [3.8, 4) is 0 Å². The molecule has 0 aliphatic heterocycles. The van der Waals surface area contributed by atoms with Crippen LogP contribution in [-0.2, 0) is 17.8 Å². The lowest BCUT2D eigenvalue weighted by atomic mass is 10.2. The third-order valence-electron chi connectivity index (χ3n) is 2.76. The molecule has 6 heteroatoms. The van der Waals surface area contributed by atoms with Crippen LogP contribution in [0.1, 0.15) is 18.2 Å². The van der Waals surface area contributed by atoms with Crippen molar-refractivity contribution in [3.63, 3.8) is 0 Å². The highest BCUT2D eigenvalue weighted by Gasteiger charge is 2.14. The van der Waals surface area contributed by atoms with Gasteiger partial charge in [0.2, 0.25) is 5.91 Å². The zero-order chi connectivity index (χ0) is 13.7. The molecule has 0 bridgehead atoms. The van der Waals surface area contributed by atoms with E-state index in [4.69, 9.17) is 5.73 Å². The second-order valence-corrected chi connectivity index (χ2v) is 5.01. The number of thiazole rings is 1. The predicted molar refractivity (Wildman–Crippen MR) is 75.6 cm³/mol. The Kier molecular flexibility index (Phi) is 4.46. The van der Waals surface area contributed by atoms with Crippen molar-refractivity contribution >= 4 is 22.4 Å². The molecule has 0 saturated heterocycles. The number of carbonyl (C=O) groups is 1. The fourth-order valence-electron chi connectivity index (χ4n) is 1.76. The van der Waals surface area contributed by atoms with Crippen LogP contribution in [0.5, 0.6) is 0 Å². The summed E-state index contributed by atoms with van der Waals surface area (Å²) in [5, 5.41) is 2.33. The van der Waals surface area contributed by atoms with Gasteiger partial charge in [-0.15, -0.1) is 11.3 Å². The number of rotatable bonds is 5. The number of nitrogens with zero attached hydrogens (tertiary/aromatic N) is 3. The molecule has 0 spiro atoms. The molecule has 19 heavy (non-hydrogen) atoms. The maximum Gasteiger partial charge on any atom is 0.228 e. The number of hydrogen-bond donors (Lipinski definition) is 1. The molecule has 2 heterocycles. The molecule has 2 aromatic heterocycles. The predicted octanol–water partition coefficient (Wildman–Crippen LogP) is 1.71. The number of pyridine rings is 1. The summed E-state index contributed by atoms with van der Waals surface area (Å²) < 4.78 is 0. The third kappa shape index (κ3) is 3.75. The molecule has 0 aromatic carbocycles. The first-order chi connectivity index (χ1) is 9.19. The van der Waals surface area contributed by atoms with Crippen LogP contribution in [0.3, 0.4) is 0 Å². The van der Waals surface area contributed by atoms with Crippen LogP contribution < -0.4 is 5.73 Å². The second kappa shape index (κ2) is 6.29. The highest BCUT2D eigenvalue weighted by atomic mass is 32.1. The summed E-state index contributed by atoms with van der Waals surface area (Å²) in [6.45, 7) is 3.23. The molecule has 2 rings (SSSR count).